The molecule has 98 valence electrons. The van der Waals surface area contributed by atoms with Crippen LogP contribution in [0.5, 0.6) is 0 Å². The van der Waals surface area contributed by atoms with Gasteiger partial charge >= 0.3 is 0 Å². The Hall–Kier alpha value is -1.79. The first-order chi connectivity index (χ1) is 8.63. The Morgan fingerprint density at radius 1 is 1.33 bits per heavy atom. The number of hydrogen-bond acceptors (Lipinski definition) is 4. The number of nitrogens with zero attached hydrogens (tertiary/aromatic N) is 5. The van der Waals surface area contributed by atoms with Crippen molar-refractivity contribution in [3.63, 3.8) is 0 Å². The SMILES string of the molecule is CCCCN(C)c1ccc2nnc(C(F)F)n2n1. The summed E-state index contributed by atoms with van der Waals surface area (Å²) in [5.41, 5.74) is 0.331. The summed E-state index contributed by atoms with van der Waals surface area (Å²) in [5.74, 6) is 0.216. The Kier molecular flexibility index (Phi) is 3.69. The first kappa shape index (κ1) is 12.7. The largest absolute Gasteiger partial charge is 0.358 e. The van der Waals surface area contributed by atoms with Gasteiger partial charge in [0.2, 0.25) is 5.82 Å². The summed E-state index contributed by atoms with van der Waals surface area (Å²) in [5, 5.41) is 11.2. The second-order valence-corrected chi connectivity index (χ2v) is 4.10. The molecule has 0 saturated carbocycles. The van der Waals surface area contributed by atoms with Crippen molar-refractivity contribution in [2.45, 2.75) is 26.2 Å². The third kappa shape index (κ3) is 2.39. The van der Waals surface area contributed by atoms with Gasteiger partial charge in [0, 0.05) is 13.6 Å². The average Bonchev–Trinajstić information content (AvgIpc) is 2.78. The summed E-state index contributed by atoms with van der Waals surface area (Å²) in [6.07, 6.45) is -0.578. The van der Waals surface area contributed by atoms with Gasteiger partial charge in [-0.05, 0) is 18.6 Å². The van der Waals surface area contributed by atoms with E-state index in [2.05, 4.69) is 22.2 Å². The first-order valence-electron chi connectivity index (χ1n) is 5.85. The highest BCUT2D eigenvalue weighted by molar-refractivity contribution is 5.45. The van der Waals surface area contributed by atoms with Gasteiger partial charge in [-0.2, -0.15) is 4.52 Å². The lowest BCUT2D eigenvalue weighted by Crippen LogP contribution is -2.20. The van der Waals surface area contributed by atoms with Crippen LogP contribution >= 0.6 is 0 Å². The number of fused-ring (bicyclic) bond motifs is 1. The van der Waals surface area contributed by atoms with Crippen LogP contribution in [0, 0.1) is 0 Å². The van der Waals surface area contributed by atoms with Crippen molar-refractivity contribution in [3.05, 3.63) is 18.0 Å². The molecule has 0 aromatic carbocycles. The molecule has 0 unspecified atom stereocenters. The van der Waals surface area contributed by atoms with Crippen LogP contribution in [0.1, 0.15) is 32.0 Å². The number of alkyl halides is 2. The summed E-state index contributed by atoms with van der Waals surface area (Å²) in [7, 11) is 1.89. The number of unbranched alkanes of at least 4 members (excludes halogenated alkanes) is 1. The van der Waals surface area contributed by atoms with Gasteiger partial charge in [-0.1, -0.05) is 13.3 Å². The molecular weight excluding hydrogens is 240 g/mol. The lowest BCUT2D eigenvalue weighted by atomic mass is 10.3. The van der Waals surface area contributed by atoms with Crippen molar-refractivity contribution in [1.29, 1.82) is 0 Å². The molecule has 0 fully saturated rings. The maximum atomic E-state index is 12.7. The molecule has 0 N–H and O–H groups in total. The Balaban J connectivity index is 2.33. The fourth-order valence-corrected chi connectivity index (χ4v) is 1.65. The fourth-order valence-electron chi connectivity index (χ4n) is 1.65. The summed E-state index contributed by atoms with van der Waals surface area (Å²) in [6.45, 7) is 2.93. The van der Waals surface area contributed by atoms with E-state index in [-0.39, 0.29) is 0 Å². The number of rotatable bonds is 5. The summed E-state index contributed by atoms with van der Waals surface area (Å²) < 4.78 is 26.5. The van der Waals surface area contributed by atoms with Crippen molar-refractivity contribution in [2.75, 3.05) is 18.5 Å². The minimum atomic E-state index is -2.68. The molecule has 0 saturated heterocycles. The van der Waals surface area contributed by atoms with E-state index in [1.165, 1.54) is 0 Å². The smallest absolute Gasteiger partial charge is 0.299 e. The van der Waals surface area contributed by atoms with Crippen molar-refractivity contribution in [3.8, 4) is 0 Å². The molecule has 0 amide bonds. The molecule has 2 aromatic heterocycles. The van der Waals surface area contributed by atoms with Gasteiger partial charge in [-0.3, -0.25) is 0 Å². The predicted octanol–water partition coefficient (Wildman–Crippen LogP) is 2.30. The second-order valence-electron chi connectivity index (χ2n) is 4.10. The van der Waals surface area contributed by atoms with Crippen molar-refractivity contribution < 1.29 is 8.78 Å². The quantitative estimate of drug-likeness (QED) is 0.822. The summed E-state index contributed by atoms with van der Waals surface area (Å²) in [6, 6.07) is 3.40. The van der Waals surface area contributed by atoms with E-state index in [1.54, 1.807) is 12.1 Å². The predicted molar refractivity (Wildman–Crippen MR) is 63.9 cm³/mol. The Morgan fingerprint density at radius 2 is 2.11 bits per heavy atom. The van der Waals surface area contributed by atoms with Crippen LogP contribution in [-0.4, -0.2) is 33.4 Å². The Labute approximate surface area is 103 Å². The molecule has 0 aliphatic carbocycles. The van der Waals surface area contributed by atoms with Crippen LogP contribution in [0.4, 0.5) is 14.6 Å². The average molecular weight is 255 g/mol. The highest BCUT2D eigenvalue weighted by Gasteiger charge is 2.17. The maximum Gasteiger partial charge on any atom is 0.299 e. The molecule has 0 aliphatic rings. The zero-order valence-electron chi connectivity index (χ0n) is 10.3. The Bertz CT molecular complexity index is 525. The van der Waals surface area contributed by atoms with Crippen molar-refractivity contribution in [1.82, 2.24) is 19.8 Å². The van der Waals surface area contributed by atoms with Crippen molar-refractivity contribution in [2.24, 2.45) is 0 Å². The molecule has 7 heteroatoms. The van der Waals surface area contributed by atoms with Gasteiger partial charge in [-0.15, -0.1) is 15.3 Å². The molecular formula is C11H15F2N5. The third-order valence-corrected chi connectivity index (χ3v) is 2.71. The highest BCUT2D eigenvalue weighted by atomic mass is 19.3. The van der Waals surface area contributed by atoms with E-state index in [4.69, 9.17) is 0 Å². The van der Waals surface area contributed by atoms with Crippen molar-refractivity contribution >= 4 is 11.5 Å². The van der Waals surface area contributed by atoms with Crippen LogP contribution in [-0.2, 0) is 0 Å². The van der Waals surface area contributed by atoms with E-state index in [1.807, 2.05) is 11.9 Å². The molecule has 0 radical (unpaired) electrons. The van der Waals surface area contributed by atoms with Crippen LogP contribution in [0.25, 0.3) is 5.65 Å². The molecule has 2 heterocycles. The van der Waals surface area contributed by atoms with Gasteiger partial charge in [0.1, 0.15) is 5.82 Å². The molecule has 0 atom stereocenters. The normalized spacial score (nSPS) is 11.4. The molecule has 0 aliphatic heterocycles. The number of halogens is 2. The van der Waals surface area contributed by atoms with E-state index in [0.717, 1.165) is 23.9 Å². The van der Waals surface area contributed by atoms with Crippen LogP contribution in [0.3, 0.4) is 0 Å². The zero-order valence-corrected chi connectivity index (χ0v) is 10.3. The molecule has 0 spiro atoms. The van der Waals surface area contributed by atoms with Gasteiger partial charge < -0.3 is 4.90 Å². The van der Waals surface area contributed by atoms with Gasteiger partial charge in [0.05, 0.1) is 0 Å². The first-order valence-corrected chi connectivity index (χ1v) is 5.85. The van der Waals surface area contributed by atoms with E-state index >= 15 is 0 Å². The molecule has 2 rings (SSSR count). The molecule has 18 heavy (non-hydrogen) atoms. The third-order valence-electron chi connectivity index (χ3n) is 2.71. The van der Waals surface area contributed by atoms with Crippen LogP contribution in [0.2, 0.25) is 0 Å². The number of hydrogen-bond donors (Lipinski definition) is 0. The maximum absolute atomic E-state index is 12.7. The monoisotopic (exact) mass is 255 g/mol. The molecule has 5 nitrogen and oxygen atoms in total. The van der Waals surface area contributed by atoms with Gasteiger partial charge in [0.25, 0.3) is 6.43 Å². The minimum absolute atomic E-state index is 0.331. The summed E-state index contributed by atoms with van der Waals surface area (Å²) >= 11 is 0. The number of anilines is 1. The van der Waals surface area contributed by atoms with Gasteiger partial charge in [0.15, 0.2) is 5.65 Å². The zero-order chi connectivity index (χ0) is 13.1. The Morgan fingerprint density at radius 3 is 2.78 bits per heavy atom. The van der Waals surface area contributed by atoms with E-state index < -0.39 is 12.2 Å². The topological polar surface area (TPSA) is 46.3 Å². The minimum Gasteiger partial charge on any atom is -0.358 e. The van der Waals surface area contributed by atoms with Gasteiger partial charge in [-0.25, -0.2) is 8.78 Å². The second kappa shape index (κ2) is 5.24. The fraction of sp³-hybridized carbons (Fsp3) is 0.545. The lowest BCUT2D eigenvalue weighted by molar-refractivity contribution is 0.137. The van der Waals surface area contributed by atoms with Crippen LogP contribution in [0.15, 0.2) is 12.1 Å². The number of aromatic nitrogens is 4. The standard InChI is InChI=1S/C11H15F2N5/c1-3-4-7-17(2)9-6-5-8-14-15-11(10(12)13)18(8)16-9/h5-6,10H,3-4,7H2,1-2H3. The molecule has 2 aromatic rings. The highest BCUT2D eigenvalue weighted by Crippen LogP contribution is 2.18. The lowest BCUT2D eigenvalue weighted by Gasteiger charge is -2.17. The summed E-state index contributed by atoms with van der Waals surface area (Å²) in [4.78, 5) is 1.93. The van der Waals surface area contributed by atoms with E-state index in [0.29, 0.717) is 11.5 Å². The molecule has 0 bridgehead atoms. The van der Waals surface area contributed by atoms with Crippen LogP contribution < -0.4 is 4.90 Å². The van der Waals surface area contributed by atoms with E-state index in [9.17, 15) is 8.78 Å².